The molecule has 1 unspecified atom stereocenters. The molecule has 26 heavy (non-hydrogen) atoms. The van der Waals surface area contributed by atoms with Gasteiger partial charge in [-0.1, -0.05) is 19.9 Å². The molecule has 0 bridgehead atoms. The van der Waals surface area contributed by atoms with E-state index in [9.17, 15) is 14.4 Å². The van der Waals surface area contributed by atoms with Gasteiger partial charge < -0.3 is 15.5 Å². The van der Waals surface area contributed by atoms with E-state index in [4.69, 9.17) is 0 Å². The van der Waals surface area contributed by atoms with Crippen LogP contribution in [-0.4, -0.2) is 47.8 Å². The van der Waals surface area contributed by atoms with Crippen LogP contribution in [0, 0.1) is 11.8 Å². The second-order valence-electron chi connectivity index (χ2n) is 7.55. The highest BCUT2D eigenvalue weighted by Crippen LogP contribution is 2.31. The number of rotatable bonds is 6. The lowest BCUT2D eigenvalue weighted by Gasteiger charge is -2.33. The smallest absolute Gasteiger partial charge is 0.262 e. The number of hydrogen-bond acceptors (Lipinski definition) is 4. The first kappa shape index (κ1) is 18.9. The molecule has 7 heteroatoms. The van der Waals surface area contributed by atoms with E-state index in [0.717, 1.165) is 25.7 Å². The second kappa shape index (κ2) is 8.20. The molecule has 6 nitrogen and oxygen atoms in total. The van der Waals surface area contributed by atoms with E-state index in [2.05, 4.69) is 10.6 Å². The van der Waals surface area contributed by atoms with E-state index < -0.39 is 6.04 Å². The van der Waals surface area contributed by atoms with Crippen molar-refractivity contribution in [2.45, 2.75) is 51.6 Å². The van der Waals surface area contributed by atoms with Gasteiger partial charge in [-0.2, -0.15) is 0 Å². The van der Waals surface area contributed by atoms with Gasteiger partial charge in [0, 0.05) is 25.0 Å². The highest BCUT2D eigenvalue weighted by molar-refractivity contribution is 7.12. The number of likely N-dealkylation sites (tertiary alicyclic amines) is 1. The van der Waals surface area contributed by atoms with Gasteiger partial charge in [0.15, 0.2) is 0 Å². The van der Waals surface area contributed by atoms with E-state index in [1.807, 2.05) is 30.2 Å². The first-order chi connectivity index (χ1) is 12.5. The highest BCUT2D eigenvalue weighted by Gasteiger charge is 2.35. The highest BCUT2D eigenvalue weighted by atomic mass is 32.1. The molecule has 2 aliphatic rings. The topological polar surface area (TPSA) is 78.5 Å². The molecule has 0 radical (unpaired) electrons. The Morgan fingerprint density at radius 3 is 2.38 bits per heavy atom. The van der Waals surface area contributed by atoms with E-state index in [0.29, 0.717) is 18.0 Å². The van der Waals surface area contributed by atoms with Crippen molar-refractivity contribution in [2.75, 3.05) is 13.1 Å². The SMILES string of the molecule is CC(C)C(NC(=O)c1cccs1)C(=O)NC1CCN(C(=O)C2CC2)CC1. The van der Waals surface area contributed by atoms with E-state index >= 15 is 0 Å². The van der Waals surface area contributed by atoms with Gasteiger partial charge in [0.2, 0.25) is 11.8 Å². The van der Waals surface area contributed by atoms with Crippen LogP contribution in [0.25, 0.3) is 0 Å². The average Bonchev–Trinajstić information content (AvgIpc) is 3.33. The van der Waals surface area contributed by atoms with Crippen LogP contribution in [0.5, 0.6) is 0 Å². The summed E-state index contributed by atoms with van der Waals surface area (Å²) >= 11 is 1.36. The monoisotopic (exact) mass is 377 g/mol. The number of nitrogens with zero attached hydrogens (tertiary/aromatic N) is 1. The van der Waals surface area contributed by atoms with Gasteiger partial charge >= 0.3 is 0 Å². The molecule has 0 aromatic carbocycles. The van der Waals surface area contributed by atoms with Crippen molar-refractivity contribution in [2.24, 2.45) is 11.8 Å². The summed E-state index contributed by atoms with van der Waals surface area (Å²) in [6.45, 7) is 5.26. The standard InChI is InChI=1S/C19H27N3O3S/c1-12(2)16(21-17(23)15-4-3-11-26-15)18(24)20-14-7-9-22(10-8-14)19(25)13-5-6-13/h3-4,11-14,16H,5-10H2,1-2H3,(H,20,24)(H,21,23). The molecule has 1 aliphatic heterocycles. The third kappa shape index (κ3) is 4.63. The Kier molecular flexibility index (Phi) is 5.96. The van der Waals surface area contributed by atoms with Crippen LogP contribution in [0.15, 0.2) is 17.5 Å². The minimum atomic E-state index is -0.560. The lowest BCUT2D eigenvalue weighted by Crippen LogP contribution is -2.54. The molecular formula is C19H27N3O3S. The quantitative estimate of drug-likeness (QED) is 0.796. The zero-order valence-corrected chi connectivity index (χ0v) is 16.2. The van der Waals surface area contributed by atoms with Crippen LogP contribution >= 0.6 is 11.3 Å². The van der Waals surface area contributed by atoms with Crippen molar-refractivity contribution in [1.82, 2.24) is 15.5 Å². The van der Waals surface area contributed by atoms with Gasteiger partial charge in [-0.25, -0.2) is 0 Å². The van der Waals surface area contributed by atoms with Crippen LogP contribution in [-0.2, 0) is 9.59 Å². The predicted octanol–water partition coefficient (Wildman–Crippen LogP) is 2.02. The number of amides is 3. The Labute approximate surface area is 158 Å². The Hall–Kier alpha value is -1.89. The molecule has 142 valence electrons. The minimum Gasteiger partial charge on any atom is -0.351 e. The maximum absolute atomic E-state index is 12.7. The molecule has 2 fully saturated rings. The average molecular weight is 378 g/mol. The van der Waals surface area contributed by atoms with Gasteiger partial charge in [-0.3, -0.25) is 14.4 Å². The van der Waals surface area contributed by atoms with Crippen molar-refractivity contribution in [3.05, 3.63) is 22.4 Å². The fourth-order valence-electron chi connectivity index (χ4n) is 3.28. The number of hydrogen-bond donors (Lipinski definition) is 2. The summed E-state index contributed by atoms with van der Waals surface area (Å²) in [5.41, 5.74) is 0. The molecule has 3 amide bonds. The van der Waals surface area contributed by atoms with Crippen molar-refractivity contribution >= 4 is 29.1 Å². The lowest BCUT2D eigenvalue weighted by atomic mass is 10.00. The van der Waals surface area contributed by atoms with Crippen molar-refractivity contribution in [1.29, 1.82) is 0 Å². The molecule has 1 saturated carbocycles. The van der Waals surface area contributed by atoms with Crippen molar-refractivity contribution in [3.63, 3.8) is 0 Å². The number of carbonyl (C=O) groups is 3. The number of carbonyl (C=O) groups excluding carboxylic acids is 3. The molecule has 2 heterocycles. The minimum absolute atomic E-state index is 0.00422. The molecule has 1 saturated heterocycles. The summed E-state index contributed by atoms with van der Waals surface area (Å²) in [6.07, 6.45) is 3.59. The van der Waals surface area contributed by atoms with E-state index in [1.54, 1.807) is 6.07 Å². The summed E-state index contributed by atoms with van der Waals surface area (Å²) in [6, 6.07) is 3.07. The van der Waals surface area contributed by atoms with Gasteiger partial charge in [0.25, 0.3) is 5.91 Å². The van der Waals surface area contributed by atoms with Crippen molar-refractivity contribution < 1.29 is 14.4 Å². The fraction of sp³-hybridized carbons (Fsp3) is 0.632. The molecule has 1 aromatic heterocycles. The van der Waals surface area contributed by atoms with Gasteiger partial charge in [0.05, 0.1) is 4.88 Å². The zero-order valence-electron chi connectivity index (χ0n) is 15.4. The largest absolute Gasteiger partial charge is 0.351 e. The summed E-state index contributed by atoms with van der Waals surface area (Å²) in [4.78, 5) is 39.6. The Morgan fingerprint density at radius 2 is 1.85 bits per heavy atom. The molecule has 1 atom stereocenters. The van der Waals surface area contributed by atoms with Crippen molar-refractivity contribution in [3.8, 4) is 0 Å². The third-order valence-corrected chi connectivity index (χ3v) is 5.93. The third-order valence-electron chi connectivity index (χ3n) is 5.06. The summed E-state index contributed by atoms with van der Waals surface area (Å²) in [7, 11) is 0. The predicted molar refractivity (Wildman–Crippen MR) is 101 cm³/mol. The van der Waals surface area contributed by atoms with Crippen LogP contribution < -0.4 is 10.6 Å². The molecule has 1 aliphatic carbocycles. The molecule has 0 spiro atoms. The van der Waals surface area contributed by atoms with Crippen LogP contribution in [0.3, 0.4) is 0 Å². The summed E-state index contributed by atoms with van der Waals surface area (Å²) in [5.74, 6) is 0.169. The lowest BCUT2D eigenvalue weighted by molar-refractivity contribution is -0.133. The Morgan fingerprint density at radius 1 is 1.15 bits per heavy atom. The molecule has 2 N–H and O–H groups in total. The Bertz CT molecular complexity index is 647. The Balaban J connectivity index is 1.50. The van der Waals surface area contributed by atoms with Gasteiger partial charge in [-0.05, 0) is 43.0 Å². The van der Waals surface area contributed by atoms with E-state index in [1.165, 1.54) is 11.3 Å². The van der Waals surface area contributed by atoms with Gasteiger partial charge in [0.1, 0.15) is 6.04 Å². The van der Waals surface area contributed by atoms with Crippen LogP contribution in [0.2, 0.25) is 0 Å². The molecular weight excluding hydrogens is 350 g/mol. The summed E-state index contributed by atoms with van der Waals surface area (Å²) < 4.78 is 0. The number of piperidine rings is 1. The van der Waals surface area contributed by atoms with Gasteiger partial charge in [-0.15, -0.1) is 11.3 Å². The maximum Gasteiger partial charge on any atom is 0.262 e. The normalized spacial score (nSPS) is 19.3. The second-order valence-corrected chi connectivity index (χ2v) is 8.50. The molecule has 1 aromatic rings. The van der Waals surface area contributed by atoms with Crippen LogP contribution in [0.4, 0.5) is 0 Å². The maximum atomic E-state index is 12.7. The first-order valence-electron chi connectivity index (χ1n) is 9.39. The first-order valence-corrected chi connectivity index (χ1v) is 10.3. The number of nitrogens with one attached hydrogen (secondary N) is 2. The summed E-state index contributed by atoms with van der Waals surface area (Å²) in [5, 5.41) is 7.76. The molecule has 3 rings (SSSR count). The van der Waals surface area contributed by atoms with Crippen LogP contribution in [0.1, 0.15) is 49.2 Å². The fourth-order valence-corrected chi connectivity index (χ4v) is 3.91. The number of thiophene rings is 1. The van der Waals surface area contributed by atoms with E-state index in [-0.39, 0.29) is 35.6 Å². The zero-order chi connectivity index (χ0) is 18.7.